The summed E-state index contributed by atoms with van der Waals surface area (Å²) in [5, 5.41) is 7.23. The van der Waals surface area contributed by atoms with Gasteiger partial charge in [0.25, 0.3) is 0 Å². The second-order valence-corrected chi connectivity index (χ2v) is 15.7. The lowest BCUT2D eigenvalue weighted by Crippen LogP contribution is -2.16. The molecule has 0 bridgehead atoms. The number of hydrogen-bond donors (Lipinski definition) is 0. The fourth-order valence-electron chi connectivity index (χ4n) is 9.31. The van der Waals surface area contributed by atoms with Crippen molar-refractivity contribution in [3.63, 3.8) is 0 Å². The topological polar surface area (TPSA) is 25.8 Å². The normalized spacial score (nSPS) is 12.9. The van der Waals surface area contributed by atoms with Crippen LogP contribution in [-0.4, -0.2) is 9.97 Å². The molecule has 0 radical (unpaired) electrons. The molecule has 2 heteroatoms. The van der Waals surface area contributed by atoms with E-state index in [2.05, 4.69) is 208 Å². The average molecular weight is 727 g/mol. The van der Waals surface area contributed by atoms with Gasteiger partial charge in [-0.1, -0.05) is 184 Å². The van der Waals surface area contributed by atoms with Crippen molar-refractivity contribution in [2.75, 3.05) is 0 Å². The van der Waals surface area contributed by atoms with Crippen LogP contribution in [0.5, 0.6) is 0 Å². The zero-order valence-electron chi connectivity index (χ0n) is 31.9. The number of hydrogen-bond acceptors (Lipinski definition) is 2. The van der Waals surface area contributed by atoms with Gasteiger partial charge in [-0.2, -0.15) is 0 Å². The van der Waals surface area contributed by atoms with Crippen LogP contribution in [0, 0.1) is 0 Å². The van der Waals surface area contributed by atoms with Crippen LogP contribution in [0.4, 0.5) is 0 Å². The van der Waals surface area contributed by atoms with Crippen LogP contribution in [0.25, 0.3) is 99.6 Å². The summed E-state index contributed by atoms with van der Waals surface area (Å²) in [5.41, 5.74) is 15.0. The van der Waals surface area contributed by atoms with Gasteiger partial charge >= 0.3 is 0 Å². The third-order valence-electron chi connectivity index (χ3n) is 12.1. The second-order valence-electron chi connectivity index (χ2n) is 15.7. The monoisotopic (exact) mass is 726 g/mol. The summed E-state index contributed by atoms with van der Waals surface area (Å²) in [7, 11) is 0. The van der Waals surface area contributed by atoms with Gasteiger partial charge in [0.15, 0.2) is 5.82 Å². The zero-order chi connectivity index (χ0) is 38.1. The number of fused-ring (bicyclic) bond motifs is 6. The Morgan fingerprint density at radius 3 is 1.68 bits per heavy atom. The van der Waals surface area contributed by atoms with E-state index in [9.17, 15) is 0 Å². The molecule has 1 heterocycles. The molecule has 1 aliphatic rings. The van der Waals surface area contributed by atoms with Gasteiger partial charge in [0, 0.05) is 22.1 Å². The molecule has 0 N–H and O–H groups in total. The Balaban J connectivity index is 1.11. The third-order valence-corrected chi connectivity index (χ3v) is 12.1. The van der Waals surface area contributed by atoms with Crippen LogP contribution in [0.3, 0.4) is 0 Å². The van der Waals surface area contributed by atoms with Crippen molar-refractivity contribution >= 4 is 32.3 Å². The number of benzene rings is 9. The van der Waals surface area contributed by atoms with E-state index >= 15 is 0 Å². The van der Waals surface area contributed by atoms with Crippen LogP contribution < -0.4 is 0 Å². The Bertz CT molecular complexity index is 3210. The first-order valence-corrected chi connectivity index (χ1v) is 19.7. The van der Waals surface area contributed by atoms with Gasteiger partial charge in [-0.25, -0.2) is 9.97 Å². The van der Waals surface area contributed by atoms with Gasteiger partial charge in [0.1, 0.15) is 0 Å². The van der Waals surface area contributed by atoms with Crippen molar-refractivity contribution in [1.82, 2.24) is 9.97 Å². The SMILES string of the molecule is CC1(C)c2cc3ccccc3cc2-c2cccc(-c3ccc(-c4cc(-c5cccc(-c6ccccc6)c5)nc(-c5cccc6ccccc56)n4)c4ccccc34)c21. The molecule has 0 saturated carbocycles. The summed E-state index contributed by atoms with van der Waals surface area (Å²) in [4.78, 5) is 10.7. The maximum atomic E-state index is 5.41. The van der Waals surface area contributed by atoms with Crippen molar-refractivity contribution in [3.05, 3.63) is 205 Å². The first-order chi connectivity index (χ1) is 28.0. The lowest BCUT2D eigenvalue weighted by atomic mass is 9.78. The molecule has 0 amide bonds. The van der Waals surface area contributed by atoms with E-state index < -0.39 is 0 Å². The van der Waals surface area contributed by atoms with Crippen LogP contribution in [0.1, 0.15) is 25.0 Å². The molecule has 0 spiro atoms. The van der Waals surface area contributed by atoms with Gasteiger partial charge < -0.3 is 0 Å². The molecule has 0 saturated heterocycles. The van der Waals surface area contributed by atoms with E-state index in [1.165, 1.54) is 65.9 Å². The van der Waals surface area contributed by atoms with E-state index in [0.717, 1.165) is 39.0 Å². The van der Waals surface area contributed by atoms with Crippen molar-refractivity contribution in [2.45, 2.75) is 19.3 Å². The molecule has 0 unspecified atom stereocenters. The molecule has 0 fully saturated rings. The first kappa shape index (κ1) is 33.2. The van der Waals surface area contributed by atoms with Crippen LogP contribution in [-0.2, 0) is 5.41 Å². The van der Waals surface area contributed by atoms with Crippen LogP contribution in [0.2, 0.25) is 0 Å². The largest absolute Gasteiger partial charge is 0.228 e. The predicted molar refractivity (Wildman–Crippen MR) is 239 cm³/mol. The molecule has 2 nitrogen and oxygen atoms in total. The summed E-state index contributed by atoms with van der Waals surface area (Å²) >= 11 is 0. The van der Waals surface area contributed by atoms with Gasteiger partial charge in [-0.05, 0) is 101 Å². The molecule has 0 aliphatic heterocycles. The summed E-state index contributed by atoms with van der Waals surface area (Å²) in [6.45, 7) is 4.77. The summed E-state index contributed by atoms with van der Waals surface area (Å²) < 4.78 is 0. The summed E-state index contributed by atoms with van der Waals surface area (Å²) in [5.74, 6) is 0.713. The zero-order valence-corrected chi connectivity index (χ0v) is 31.9. The predicted octanol–water partition coefficient (Wildman–Crippen LogP) is 14.6. The average Bonchev–Trinajstić information content (AvgIpc) is 3.50. The molecule has 1 aromatic heterocycles. The molecule has 268 valence electrons. The number of aromatic nitrogens is 2. The highest BCUT2D eigenvalue weighted by Crippen LogP contribution is 2.54. The van der Waals surface area contributed by atoms with Crippen molar-refractivity contribution in [1.29, 1.82) is 0 Å². The Labute approximate surface area is 332 Å². The standard InChI is InChI=1S/C55H38N2/c1-55(2)50-33-39-19-7-6-18-38(39)32-49(50)47-27-14-26-46(53(47)55)44-29-30-45(43-25-11-10-24-42(43)44)52-34-51(40-22-12-21-37(31-40)35-15-4-3-5-16-35)56-54(57-52)48-28-13-20-36-17-8-9-23-41(36)48/h3-34H,1-2H3. The number of rotatable bonds is 5. The van der Waals surface area contributed by atoms with Crippen LogP contribution in [0.15, 0.2) is 194 Å². The minimum atomic E-state index is -0.172. The fourth-order valence-corrected chi connectivity index (χ4v) is 9.31. The molecular formula is C55H38N2. The van der Waals surface area contributed by atoms with Crippen molar-refractivity contribution in [2.24, 2.45) is 0 Å². The fraction of sp³-hybridized carbons (Fsp3) is 0.0545. The highest BCUT2D eigenvalue weighted by atomic mass is 14.9. The number of nitrogens with zero attached hydrogens (tertiary/aromatic N) is 2. The Morgan fingerprint density at radius 2 is 0.877 bits per heavy atom. The molecule has 11 rings (SSSR count). The molecule has 57 heavy (non-hydrogen) atoms. The van der Waals surface area contributed by atoms with Crippen LogP contribution >= 0.6 is 0 Å². The maximum Gasteiger partial charge on any atom is 0.161 e. The first-order valence-electron chi connectivity index (χ1n) is 19.7. The summed E-state index contributed by atoms with van der Waals surface area (Å²) in [6, 6.07) is 70.1. The third kappa shape index (κ3) is 5.40. The molecule has 10 aromatic rings. The Kier molecular flexibility index (Phi) is 7.55. The van der Waals surface area contributed by atoms with Gasteiger partial charge in [-0.15, -0.1) is 0 Å². The smallest absolute Gasteiger partial charge is 0.161 e. The minimum Gasteiger partial charge on any atom is -0.228 e. The highest BCUT2D eigenvalue weighted by molar-refractivity contribution is 6.07. The lowest BCUT2D eigenvalue weighted by molar-refractivity contribution is 0.663. The van der Waals surface area contributed by atoms with Gasteiger partial charge in [0.05, 0.1) is 11.4 Å². The van der Waals surface area contributed by atoms with E-state index in [1.54, 1.807) is 0 Å². The lowest BCUT2D eigenvalue weighted by Gasteiger charge is -2.25. The second kappa shape index (κ2) is 13.0. The summed E-state index contributed by atoms with van der Waals surface area (Å²) in [6.07, 6.45) is 0. The minimum absolute atomic E-state index is 0.172. The molecule has 9 aromatic carbocycles. The Morgan fingerprint density at radius 1 is 0.333 bits per heavy atom. The van der Waals surface area contributed by atoms with Crippen molar-refractivity contribution in [3.8, 4) is 67.3 Å². The molecule has 0 atom stereocenters. The van der Waals surface area contributed by atoms with E-state index in [4.69, 9.17) is 9.97 Å². The van der Waals surface area contributed by atoms with Gasteiger partial charge in [0.2, 0.25) is 0 Å². The maximum absolute atomic E-state index is 5.41. The highest BCUT2D eigenvalue weighted by Gasteiger charge is 2.38. The molecular weight excluding hydrogens is 689 g/mol. The van der Waals surface area contributed by atoms with E-state index in [1.807, 2.05) is 0 Å². The Hall–Kier alpha value is -7.16. The van der Waals surface area contributed by atoms with E-state index in [-0.39, 0.29) is 5.41 Å². The quantitative estimate of drug-likeness (QED) is 0.176. The van der Waals surface area contributed by atoms with E-state index in [0.29, 0.717) is 5.82 Å². The van der Waals surface area contributed by atoms with Crippen molar-refractivity contribution < 1.29 is 0 Å². The van der Waals surface area contributed by atoms with Gasteiger partial charge in [-0.3, -0.25) is 0 Å². The molecule has 1 aliphatic carbocycles.